The third-order valence-corrected chi connectivity index (χ3v) is 8.74. The summed E-state index contributed by atoms with van der Waals surface area (Å²) < 4.78 is 20.2. The topological polar surface area (TPSA) is 124 Å². The van der Waals surface area contributed by atoms with Gasteiger partial charge in [0.05, 0.1) is 61.8 Å². The lowest BCUT2D eigenvalue weighted by Gasteiger charge is -2.34. The van der Waals surface area contributed by atoms with Crippen LogP contribution in [0.2, 0.25) is 0 Å². The molecule has 0 spiro atoms. The minimum Gasteiger partial charge on any atom is -0.494 e. The molecule has 2 aliphatic heterocycles. The first-order chi connectivity index (χ1) is 22.4. The zero-order chi connectivity index (χ0) is 32.2. The number of rotatable bonds is 12. The minimum atomic E-state index is -0.170. The van der Waals surface area contributed by atoms with Gasteiger partial charge in [0.25, 0.3) is 5.91 Å². The summed E-state index contributed by atoms with van der Waals surface area (Å²) in [4.78, 5) is 27.8. The van der Waals surface area contributed by atoms with Crippen LogP contribution >= 0.6 is 0 Å². The Morgan fingerprint density at radius 1 is 1.02 bits per heavy atom. The molecule has 4 aromatic rings. The highest BCUT2D eigenvalue weighted by atomic mass is 16.5. The number of nitrogens with zero attached hydrogens (tertiary/aromatic N) is 7. The van der Waals surface area contributed by atoms with Crippen LogP contribution < -0.4 is 20.3 Å². The zero-order valence-electron chi connectivity index (χ0n) is 27.3. The summed E-state index contributed by atoms with van der Waals surface area (Å²) in [6.07, 6.45) is 5.21. The average Bonchev–Trinajstić information content (AvgIpc) is 3.62. The predicted molar refractivity (Wildman–Crippen MR) is 177 cm³/mol. The van der Waals surface area contributed by atoms with Crippen LogP contribution in [0.1, 0.15) is 33.0 Å². The van der Waals surface area contributed by atoms with E-state index in [2.05, 4.69) is 49.7 Å². The van der Waals surface area contributed by atoms with Gasteiger partial charge >= 0.3 is 0 Å². The van der Waals surface area contributed by atoms with E-state index in [1.807, 2.05) is 47.6 Å². The quantitative estimate of drug-likeness (QED) is 0.225. The fourth-order valence-electron chi connectivity index (χ4n) is 6.06. The number of aromatic nitrogens is 5. The standard InChI is InChI=1S/C33H43N9O4/c1-22-30(23(2)42(38-22)16-17-46-19-18-44-4)36-32(43)26-10-11-41-28(26)9-6-24-21-34-33(37-31(24)41)35-27-8-7-25(20-29(27)45-5)40-14-12-39(3)13-15-40/h7-8,10-11,20-21H,6,9,12-19H2,1-5H3,(H,36,43)(H,34,35,37). The lowest BCUT2D eigenvalue weighted by molar-refractivity contribution is 0.0652. The molecule has 0 aliphatic carbocycles. The Bertz CT molecular complexity index is 1690. The number of hydrogen-bond donors (Lipinski definition) is 2. The van der Waals surface area contributed by atoms with E-state index < -0.39 is 0 Å². The van der Waals surface area contributed by atoms with Gasteiger partial charge in [0, 0.05) is 68.7 Å². The monoisotopic (exact) mass is 629 g/mol. The number of carbonyl (C=O) groups is 1. The maximum absolute atomic E-state index is 13.6. The van der Waals surface area contributed by atoms with Gasteiger partial charge in [-0.3, -0.25) is 9.48 Å². The third-order valence-electron chi connectivity index (χ3n) is 8.74. The molecule has 3 aromatic heterocycles. The minimum absolute atomic E-state index is 0.170. The molecule has 13 nitrogen and oxygen atoms in total. The number of ether oxygens (including phenoxy) is 3. The van der Waals surface area contributed by atoms with Crippen molar-refractivity contribution in [1.29, 1.82) is 0 Å². The van der Waals surface area contributed by atoms with Crippen LogP contribution in [0.5, 0.6) is 5.75 Å². The first-order valence-corrected chi connectivity index (χ1v) is 15.7. The second-order valence-electron chi connectivity index (χ2n) is 11.7. The Balaban J connectivity index is 1.17. The van der Waals surface area contributed by atoms with E-state index in [9.17, 15) is 4.79 Å². The van der Waals surface area contributed by atoms with Crippen molar-refractivity contribution in [2.75, 3.05) is 82.8 Å². The number of piperazine rings is 1. The largest absolute Gasteiger partial charge is 0.494 e. The van der Waals surface area contributed by atoms with Crippen LogP contribution in [-0.2, 0) is 28.9 Å². The molecule has 13 heteroatoms. The van der Waals surface area contributed by atoms with Crippen molar-refractivity contribution in [1.82, 2.24) is 29.2 Å². The van der Waals surface area contributed by atoms with Gasteiger partial charge in [0.15, 0.2) is 0 Å². The van der Waals surface area contributed by atoms with Crippen LogP contribution in [-0.4, -0.2) is 102 Å². The highest BCUT2D eigenvalue weighted by molar-refractivity contribution is 6.06. The van der Waals surface area contributed by atoms with E-state index in [1.54, 1.807) is 14.2 Å². The lowest BCUT2D eigenvalue weighted by Crippen LogP contribution is -2.44. The number of amides is 1. The Hall–Kier alpha value is -4.46. The van der Waals surface area contributed by atoms with E-state index in [-0.39, 0.29) is 5.91 Å². The highest BCUT2D eigenvalue weighted by Crippen LogP contribution is 2.33. The molecule has 0 radical (unpaired) electrons. The number of methoxy groups -OCH3 is 2. The van der Waals surface area contributed by atoms with E-state index in [0.717, 1.165) is 83.9 Å². The summed E-state index contributed by atoms with van der Waals surface area (Å²) in [6.45, 7) is 10.1. The molecule has 0 unspecified atom stereocenters. The molecular weight excluding hydrogens is 586 g/mol. The van der Waals surface area contributed by atoms with Crippen molar-refractivity contribution in [2.45, 2.75) is 33.2 Å². The number of fused-ring (bicyclic) bond motifs is 3. The highest BCUT2D eigenvalue weighted by Gasteiger charge is 2.25. The van der Waals surface area contributed by atoms with Crippen molar-refractivity contribution in [2.24, 2.45) is 0 Å². The molecule has 1 saturated heterocycles. The van der Waals surface area contributed by atoms with Crippen LogP contribution in [0, 0.1) is 13.8 Å². The average molecular weight is 630 g/mol. The summed E-state index contributed by atoms with van der Waals surface area (Å²) in [5.41, 5.74) is 6.85. The fraction of sp³-hybridized carbons (Fsp3) is 0.455. The number of likely N-dealkylation sites (N-methyl/N-ethyl adjacent to an activating group) is 1. The SMILES string of the molecule is COCCOCCn1nc(C)c(NC(=O)c2ccn3c2CCc2cnc(Nc4ccc(N5CCN(C)CC5)cc4OC)nc2-3)c1C. The fourth-order valence-corrected chi connectivity index (χ4v) is 6.06. The third kappa shape index (κ3) is 6.57. The second kappa shape index (κ2) is 13.9. The predicted octanol–water partition coefficient (Wildman–Crippen LogP) is 3.60. The molecule has 2 aliphatic rings. The van der Waals surface area contributed by atoms with Gasteiger partial charge in [-0.2, -0.15) is 10.1 Å². The van der Waals surface area contributed by atoms with Gasteiger partial charge in [0.1, 0.15) is 11.6 Å². The number of benzene rings is 1. The van der Waals surface area contributed by atoms with Gasteiger partial charge in [-0.05, 0) is 51.9 Å². The Kier molecular flexibility index (Phi) is 9.52. The Labute approximate surface area is 269 Å². The molecule has 1 fully saturated rings. The van der Waals surface area contributed by atoms with E-state index in [1.165, 1.54) is 0 Å². The van der Waals surface area contributed by atoms with Gasteiger partial charge in [-0.15, -0.1) is 0 Å². The number of carbonyl (C=O) groups excluding carboxylic acids is 1. The molecule has 0 bridgehead atoms. The van der Waals surface area contributed by atoms with E-state index >= 15 is 0 Å². The number of hydrogen-bond acceptors (Lipinski definition) is 10. The molecule has 46 heavy (non-hydrogen) atoms. The molecule has 5 heterocycles. The maximum Gasteiger partial charge on any atom is 0.257 e. The summed E-state index contributed by atoms with van der Waals surface area (Å²) in [5.74, 6) is 1.78. The first kappa shape index (κ1) is 31.5. The normalized spacial score (nSPS) is 14.6. The number of nitrogens with one attached hydrogen (secondary N) is 2. The molecule has 244 valence electrons. The van der Waals surface area contributed by atoms with Crippen LogP contribution in [0.4, 0.5) is 23.0 Å². The van der Waals surface area contributed by atoms with Crippen LogP contribution in [0.25, 0.3) is 5.82 Å². The zero-order valence-corrected chi connectivity index (χ0v) is 27.3. The van der Waals surface area contributed by atoms with Gasteiger partial charge in [-0.25, -0.2) is 4.98 Å². The van der Waals surface area contributed by atoms with Crippen molar-refractivity contribution in [3.05, 3.63) is 64.9 Å². The van der Waals surface area contributed by atoms with Gasteiger partial charge in [0.2, 0.25) is 5.95 Å². The van der Waals surface area contributed by atoms with Gasteiger partial charge in [-0.1, -0.05) is 0 Å². The summed E-state index contributed by atoms with van der Waals surface area (Å²) in [5, 5.41) is 11.1. The molecule has 6 rings (SSSR count). The van der Waals surface area contributed by atoms with Crippen LogP contribution in [0.15, 0.2) is 36.7 Å². The molecular formula is C33H43N9O4. The number of aryl methyl sites for hydroxylation is 2. The molecule has 1 aromatic carbocycles. The lowest BCUT2D eigenvalue weighted by atomic mass is 10.0. The maximum atomic E-state index is 13.6. The van der Waals surface area contributed by atoms with E-state index in [4.69, 9.17) is 19.2 Å². The second-order valence-corrected chi connectivity index (χ2v) is 11.7. The smallest absolute Gasteiger partial charge is 0.257 e. The Morgan fingerprint density at radius 2 is 1.85 bits per heavy atom. The van der Waals surface area contributed by atoms with Crippen molar-refractivity contribution in [3.8, 4) is 11.6 Å². The Morgan fingerprint density at radius 3 is 2.63 bits per heavy atom. The molecule has 0 atom stereocenters. The molecule has 0 saturated carbocycles. The summed E-state index contributed by atoms with van der Waals surface area (Å²) in [6, 6.07) is 8.03. The first-order valence-electron chi connectivity index (χ1n) is 15.7. The number of anilines is 4. The van der Waals surface area contributed by atoms with E-state index in [0.29, 0.717) is 44.3 Å². The molecule has 2 N–H and O–H groups in total. The summed E-state index contributed by atoms with van der Waals surface area (Å²) >= 11 is 0. The van der Waals surface area contributed by atoms with Crippen molar-refractivity contribution in [3.63, 3.8) is 0 Å². The van der Waals surface area contributed by atoms with Crippen LogP contribution in [0.3, 0.4) is 0 Å². The molecule has 1 amide bonds. The van der Waals surface area contributed by atoms with Crippen molar-refractivity contribution < 1.29 is 19.0 Å². The summed E-state index contributed by atoms with van der Waals surface area (Å²) in [7, 11) is 5.47. The van der Waals surface area contributed by atoms with Crippen molar-refractivity contribution >= 4 is 28.9 Å². The van der Waals surface area contributed by atoms with Gasteiger partial charge < -0.3 is 39.2 Å².